The summed E-state index contributed by atoms with van der Waals surface area (Å²) in [5, 5.41) is 0. The molecule has 0 saturated carbocycles. The molecule has 0 N–H and O–H groups in total. The molecule has 0 heterocycles. The third-order valence-electron chi connectivity index (χ3n) is 0. The number of hydrogen-bond donors (Lipinski definition) is 0. The van der Waals surface area contributed by atoms with Crippen molar-refractivity contribution in [1.82, 2.24) is 0 Å². The van der Waals surface area contributed by atoms with E-state index in [9.17, 15) is 0 Å². The normalized spacial score (nSPS) is 0. The van der Waals surface area contributed by atoms with E-state index in [1.54, 1.807) is 0 Å². The van der Waals surface area contributed by atoms with Crippen molar-refractivity contribution in [2.75, 3.05) is 0 Å². The second-order valence-corrected chi connectivity index (χ2v) is 0. The topological polar surface area (TPSA) is 0 Å². The SMILES string of the molecule is [Cl-].[Cl-].[Cl-].[Cl-].[Cu+].[Cu+].[Cu+].[Cu+]. The molecular formula is Cl4Cu4. The number of halogens is 4. The Hall–Kier alpha value is 3.24. The Morgan fingerprint density at radius 3 is 0.250 bits per heavy atom. The fraction of sp³-hybridized carbons (Fsp3) is 0. The fourth-order valence-electron chi connectivity index (χ4n) is 0. The second-order valence-electron chi connectivity index (χ2n) is 0. The van der Waals surface area contributed by atoms with Gasteiger partial charge < -0.3 is 49.6 Å². The molecule has 0 bridgehead atoms. The molecule has 72 valence electrons. The summed E-state index contributed by atoms with van der Waals surface area (Å²) in [5.41, 5.74) is 0. The maximum absolute atomic E-state index is 0. The average Bonchev–Trinajstić information content (AvgIpc) is 0. The van der Waals surface area contributed by atoms with Gasteiger partial charge in [0.2, 0.25) is 0 Å². The molecule has 8 heavy (non-hydrogen) atoms. The van der Waals surface area contributed by atoms with Crippen LogP contribution in [0.25, 0.3) is 0 Å². The van der Waals surface area contributed by atoms with Gasteiger partial charge >= 0.3 is 68.3 Å². The van der Waals surface area contributed by atoms with Gasteiger partial charge in [0, 0.05) is 0 Å². The molecule has 0 aliphatic rings. The van der Waals surface area contributed by atoms with Crippen LogP contribution in [0.2, 0.25) is 0 Å². The Labute approximate surface area is 116 Å². The van der Waals surface area contributed by atoms with E-state index in [0.717, 1.165) is 0 Å². The minimum absolute atomic E-state index is 0. The van der Waals surface area contributed by atoms with Crippen LogP contribution < -0.4 is 49.6 Å². The first-order valence-corrected chi connectivity index (χ1v) is 0. The second kappa shape index (κ2) is 83.3. The molecule has 0 aromatic rings. The average molecular weight is 396 g/mol. The maximum Gasteiger partial charge on any atom is 1.00 e. The molecule has 0 rings (SSSR count). The summed E-state index contributed by atoms with van der Waals surface area (Å²) in [6, 6.07) is 0. The zero-order chi connectivity index (χ0) is 0. The van der Waals surface area contributed by atoms with Crippen LogP contribution >= 0.6 is 0 Å². The molecule has 8 heteroatoms. The summed E-state index contributed by atoms with van der Waals surface area (Å²) >= 11 is 0. The molecule has 0 saturated heterocycles. The molecule has 0 amide bonds. The summed E-state index contributed by atoms with van der Waals surface area (Å²) < 4.78 is 0. The van der Waals surface area contributed by atoms with Crippen LogP contribution in [-0.4, -0.2) is 0 Å². The van der Waals surface area contributed by atoms with Crippen molar-refractivity contribution in [3.8, 4) is 0 Å². The van der Waals surface area contributed by atoms with Gasteiger partial charge in [-0.15, -0.1) is 0 Å². The first-order chi connectivity index (χ1) is 0. The summed E-state index contributed by atoms with van der Waals surface area (Å²) in [4.78, 5) is 0. The number of rotatable bonds is 0. The van der Waals surface area contributed by atoms with Gasteiger partial charge in [-0.05, 0) is 0 Å². The minimum atomic E-state index is 0. The molecular weight excluding hydrogens is 396 g/mol. The smallest absolute Gasteiger partial charge is 1.00 e. The molecule has 0 atom stereocenters. The van der Waals surface area contributed by atoms with Gasteiger partial charge in [0.05, 0.1) is 0 Å². The third kappa shape index (κ3) is 59.8. The third-order valence-corrected chi connectivity index (χ3v) is 0. The van der Waals surface area contributed by atoms with E-state index in [1.165, 1.54) is 0 Å². The van der Waals surface area contributed by atoms with Gasteiger partial charge in [-0.2, -0.15) is 0 Å². The minimum Gasteiger partial charge on any atom is -1.00 e. The molecule has 0 spiro atoms. The van der Waals surface area contributed by atoms with E-state index in [-0.39, 0.29) is 118 Å². The van der Waals surface area contributed by atoms with Crippen molar-refractivity contribution < 1.29 is 118 Å². The zero-order valence-corrected chi connectivity index (χ0v) is 9.51. The van der Waals surface area contributed by atoms with Crippen molar-refractivity contribution in [3.63, 3.8) is 0 Å². The summed E-state index contributed by atoms with van der Waals surface area (Å²) in [7, 11) is 0. The van der Waals surface area contributed by atoms with Crippen LogP contribution in [0.15, 0.2) is 0 Å². The Balaban J connectivity index is 0. The van der Waals surface area contributed by atoms with Crippen LogP contribution in [-0.2, 0) is 68.3 Å². The molecule has 0 aliphatic heterocycles. The summed E-state index contributed by atoms with van der Waals surface area (Å²) in [6.07, 6.45) is 0. The number of hydrogen-bond acceptors (Lipinski definition) is 0. The molecule has 0 aliphatic carbocycles. The first-order valence-electron chi connectivity index (χ1n) is 0. The quantitative estimate of drug-likeness (QED) is 0.357. The van der Waals surface area contributed by atoms with E-state index >= 15 is 0 Å². The maximum atomic E-state index is 0. The summed E-state index contributed by atoms with van der Waals surface area (Å²) in [5.74, 6) is 0. The van der Waals surface area contributed by atoms with Crippen LogP contribution in [0.3, 0.4) is 0 Å². The van der Waals surface area contributed by atoms with E-state index in [4.69, 9.17) is 0 Å². The van der Waals surface area contributed by atoms with Gasteiger partial charge in [-0.1, -0.05) is 0 Å². The van der Waals surface area contributed by atoms with E-state index in [2.05, 4.69) is 0 Å². The van der Waals surface area contributed by atoms with Gasteiger partial charge in [0.25, 0.3) is 0 Å². The zero-order valence-electron chi connectivity index (χ0n) is 2.72. The van der Waals surface area contributed by atoms with Gasteiger partial charge in [0.1, 0.15) is 0 Å². The molecule has 0 aromatic carbocycles. The van der Waals surface area contributed by atoms with Crippen molar-refractivity contribution in [2.45, 2.75) is 0 Å². The van der Waals surface area contributed by atoms with Crippen molar-refractivity contribution >= 4 is 0 Å². The van der Waals surface area contributed by atoms with Crippen LogP contribution in [0, 0.1) is 0 Å². The molecule has 0 radical (unpaired) electrons. The van der Waals surface area contributed by atoms with Crippen molar-refractivity contribution in [2.24, 2.45) is 0 Å². The van der Waals surface area contributed by atoms with Crippen LogP contribution in [0.5, 0.6) is 0 Å². The van der Waals surface area contributed by atoms with E-state index in [1.807, 2.05) is 0 Å². The van der Waals surface area contributed by atoms with Gasteiger partial charge in [-0.25, -0.2) is 0 Å². The predicted octanol–water partition coefficient (Wildman–Crippen LogP) is -12.0. The van der Waals surface area contributed by atoms with Gasteiger partial charge in [0.15, 0.2) is 0 Å². The Kier molecular flexibility index (Phi) is 1170. The van der Waals surface area contributed by atoms with Crippen molar-refractivity contribution in [1.29, 1.82) is 0 Å². The standard InChI is InChI=1S/4ClH.4Cu/h4*1H;;;;/q;;;;4*+1/p-4. The fourth-order valence-corrected chi connectivity index (χ4v) is 0. The first kappa shape index (κ1) is 112. The Bertz CT molecular complexity index is 8.00. The summed E-state index contributed by atoms with van der Waals surface area (Å²) in [6.45, 7) is 0. The molecule has 0 unspecified atom stereocenters. The van der Waals surface area contributed by atoms with Crippen molar-refractivity contribution in [3.05, 3.63) is 0 Å². The van der Waals surface area contributed by atoms with Crippen LogP contribution in [0.1, 0.15) is 0 Å². The van der Waals surface area contributed by atoms with E-state index < -0.39 is 0 Å². The predicted molar refractivity (Wildman–Crippen MR) is 0 cm³/mol. The van der Waals surface area contributed by atoms with Gasteiger partial charge in [-0.3, -0.25) is 0 Å². The Morgan fingerprint density at radius 2 is 0.250 bits per heavy atom. The molecule has 0 aromatic heterocycles. The Morgan fingerprint density at radius 1 is 0.250 bits per heavy atom. The molecule has 0 nitrogen and oxygen atoms in total. The van der Waals surface area contributed by atoms with Crippen LogP contribution in [0.4, 0.5) is 0 Å². The monoisotopic (exact) mass is 392 g/mol. The molecule has 0 fully saturated rings. The van der Waals surface area contributed by atoms with E-state index in [0.29, 0.717) is 0 Å². The largest absolute Gasteiger partial charge is 1.00 e.